The molecule has 2 rings (SSSR count). The van der Waals surface area contributed by atoms with Crippen molar-refractivity contribution < 1.29 is 4.92 Å². The number of hydrogen-bond acceptors (Lipinski definition) is 3. The molecule has 1 aromatic heterocycles. The molecule has 0 aliphatic carbocycles. The van der Waals surface area contributed by atoms with Gasteiger partial charge < -0.3 is 0 Å². The molecule has 1 aromatic carbocycles. The van der Waals surface area contributed by atoms with Gasteiger partial charge in [-0.2, -0.15) is 0 Å². The molecule has 1 heterocycles. The van der Waals surface area contributed by atoms with E-state index in [1.165, 1.54) is 0 Å². The Labute approximate surface area is 130 Å². The van der Waals surface area contributed by atoms with Crippen molar-refractivity contribution in [1.82, 2.24) is 4.98 Å². The lowest BCUT2D eigenvalue weighted by atomic mass is 10.0. The number of aryl methyl sites for hydroxylation is 1. The van der Waals surface area contributed by atoms with Gasteiger partial charge in [0.05, 0.1) is 10.4 Å². The lowest BCUT2D eigenvalue weighted by molar-refractivity contribution is -0.385. The second-order valence-corrected chi connectivity index (χ2v) is 6.49. The van der Waals surface area contributed by atoms with Crippen molar-refractivity contribution in [3.8, 4) is 0 Å². The minimum atomic E-state index is -0.442. The van der Waals surface area contributed by atoms with Crippen LogP contribution in [0.25, 0.3) is 10.9 Å². The smallest absolute Gasteiger partial charge is 0.258 e. The molecule has 0 spiro atoms. The standard InChI is InChI=1S/C14H14BrClN2O2/c1-7(2)4-11-14(18(19)20)12(16)10-6-9(15)5-8(3)13(10)17-11/h5-7H,4H2,1-3H3. The second-order valence-electron chi connectivity index (χ2n) is 5.20. The maximum Gasteiger partial charge on any atom is 0.309 e. The lowest BCUT2D eigenvalue weighted by Gasteiger charge is -2.11. The Kier molecular flexibility index (Phi) is 4.30. The van der Waals surface area contributed by atoms with Crippen LogP contribution in [0.15, 0.2) is 16.6 Å². The zero-order valence-corrected chi connectivity index (χ0v) is 13.7. The van der Waals surface area contributed by atoms with Crippen molar-refractivity contribution in [2.75, 3.05) is 0 Å². The molecular formula is C14H14BrClN2O2. The topological polar surface area (TPSA) is 56.0 Å². The average molecular weight is 358 g/mol. The second kappa shape index (κ2) is 5.66. The molecule has 0 unspecified atom stereocenters. The van der Waals surface area contributed by atoms with Gasteiger partial charge in [-0.1, -0.05) is 41.4 Å². The summed E-state index contributed by atoms with van der Waals surface area (Å²) in [6.45, 7) is 5.91. The first-order chi connectivity index (χ1) is 9.31. The number of halogens is 2. The minimum Gasteiger partial charge on any atom is -0.258 e. The fourth-order valence-corrected chi connectivity index (χ4v) is 3.10. The van der Waals surface area contributed by atoms with E-state index in [1.54, 1.807) is 6.07 Å². The molecular weight excluding hydrogens is 344 g/mol. The van der Waals surface area contributed by atoms with Gasteiger partial charge in [0, 0.05) is 9.86 Å². The first-order valence-electron chi connectivity index (χ1n) is 6.24. The third-order valence-corrected chi connectivity index (χ3v) is 3.85. The highest BCUT2D eigenvalue weighted by atomic mass is 79.9. The van der Waals surface area contributed by atoms with Crippen molar-refractivity contribution in [1.29, 1.82) is 0 Å². The summed E-state index contributed by atoms with van der Waals surface area (Å²) in [5.41, 5.74) is 2.04. The number of pyridine rings is 1. The largest absolute Gasteiger partial charge is 0.309 e. The third-order valence-electron chi connectivity index (χ3n) is 3.01. The molecule has 0 fully saturated rings. The highest BCUT2D eigenvalue weighted by molar-refractivity contribution is 9.10. The highest BCUT2D eigenvalue weighted by Gasteiger charge is 2.24. The fraction of sp³-hybridized carbons (Fsp3) is 0.357. The number of aromatic nitrogens is 1. The maximum atomic E-state index is 11.3. The van der Waals surface area contributed by atoms with Crippen molar-refractivity contribution in [3.05, 3.63) is 43.0 Å². The van der Waals surface area contributed by atoms with Crippen LogP contribution in [0.4, 0.5) is 5.69 Å². The molecule has 6 heteroatoms. The quantitative estimate of drug-likeness (QED) is 0.569. The normalized spacial score (nSPS) is 11.3. The molecule has 20 heavy (non-hydrogen) atoms. The van der Waals surface area contributed by atoms with Crippen LogP contribution in [0.1, 0.15) is 25.1 Å². The molecule has 0 N–H and O–H groups in total. The number of rotatable bonds is 3. The van der Waals surface area contributed by atoms with Crippen molar-refractivity contribution in [3.63, 3.8) is 0 Å². The van der Waals surface area contributed by atoms with Crippen molar-refractivity contribution in [2.45, 2.75) is 27.2 Å². The van der Waals surface area contributed by atoms with Crippen LogP contribution in [0.2, 0.25) is 5.02 Å². The zero-order chi connectivity index (χ0) is 15.0. The number of hydrogen-bond donors (Lipinski definition) is 0. The molecule has 2 aromatic rings. The molecule has 0 saturated carbocycles. The Bertz CT molecular complexity index is 701. The fourth-order valence-electron chi connectivity index (χ4n) is 2.21. The summed E-state index contributed by atoms with van der Waals surface area (Å²) < 4.78 is 0.831. The number of nitro groups is 1. The van der Waals surface area contributed by atoms with Crippen LogP contribution in [-0.4, -0.2) is 9.91 Å². The Morgan fingerprint density at radius 2 is 2.10 bits per heavy atom. The average Bonchev–Trinajstić information content (AvgIpc) is 2.29. The van der Waals surface area contributed by atoms with Gasteiger partial charge in [0.1, 0.15) is 10.7 Å². The third kappa shape index (κ3) is 2.79. The van der Waals surface area contributed by atoms with E-state index in [2.05, 4.69) is 20.9 Å². The summed E-state index contributed by atoms with van der Waals surface area (Å²) in [6.07, 6.45) is 0.529. The number of nitrogens with zero attached hydrogens (tertiary/aromatic N) is 2. The molecule has 0 aliphatic rings. The summed E-state index contributed by atoms with van der Waals surface area (Å²) in [5, 5.41) is 12.1. The first kappa shape index (κ1) is 15.2. The molecule has 4 nitrogen and oxygen atoms in total. The lowest BCUT2D eigenvalue weighted by Crippen LogP contribution is -2.05. The molecule has 0 bridgehead atoms. The monoisotopic (exact) mass is 356 g/mol. The van der Waals surface area contributed by atoms with Gasteiger partial charge in [0.15, 0.2) is 0 Å². The van der Waals surface area contributed by atoms with Gasteiger partial charge in [-0.3, -0.25) is 10.1 Å². The van der Waals surface area contributed by atoms with Crippen LogP contribution in [0.5, 0.6) is 0 Å². The van der Waals surface area contributed by atoms with E-state index in [9.17, 15) is 10.1 Å². The van der Waals surface area contributed by atoms with Gasteiger partial charge in [0.2, 0.25) is 0 Å². The molecule has 0 atom stereocenters. The molecule has 0 amide bonds. The maximum absolute atomic E-state index is 11.3. The summed E-state index contributed by atoms with van der Waals surface area (Å²) in [5.74, 6) is 0.269. The minimum absolute atomic E-state index is 0.0784. The molecule has 0 radical (unpaired) electrons. The van der Waals surface area contributed by atoms with Gasteiger partial charge in [-0.15, -0.1) is 0 Å². The van der Waals surface area contributed by atoms with E-state index in [0.717, 1.165) is 15.6 Å². The van der Waals surface area contributed by atoms with Gasteiger partial charge in [0.25, 0.3) is 0 Å². The van der Waals surface area contributed by atoms with Crippen LogP contribution >= 0.6 is 27.5 Å². The molecule has 0 aliphatic heterocycles. The number of benzene rings is 1. The van der Waals surface area contributed by atoms with Crippen LogP contribution in [0, 0.1) is 23.0 Å². The Morgan fingerprint density at radius 1 is 1.45 bits per heavy atom. The van der Waals surface area contributed by atoms with E-state index in [1.807, 2.05) is 26.8 Å². The van der Waals surface area contributed by atoms with Gasteiger partial charge >= 0.3 is 5.69 Å². The predicted octanol–water partition coefficient (Wildman–Crippen LogP) is 5.07. The summed E-state index contributed by atoms with van der Waals surface area (Å²) in [4.78, 5) is 15.4. The Hall–Kier alpha value is -1.20. The van der Waals surface area contributed by atoms with Crippen LogP contribution in [-0.2, 0) is 6.42 Å². The van der Waals surface area contributed by atoms with E-state index >= 15 is 0 Å². The SMILES string of the molecule is Cc1cc(Br)cc2c(Cl)c([N+](=O)[O-])c(CC(C)C)nc12. The van der Waals surface area contributed by atoms with Gasteiger partial charge in [-0.25, -0.2) is 4.98 Å². The van der Waals surface area contributed by atoms with Crippen LogP contribution in [0.3, 0.4) is 0 Å². The highest BCUT2D eigenvalue weighted by Crippen LogP contribution is 2.37. The predicted molar refractivity (Wildman–Crippen MR) is 84.4 cm³/mol. The zero-order valence-electron chi connectivity index (χ0n) is 11.4. The van der Waals surface area contributed by atoms with E-state index in [4.69, 9.17) is 11.6 Å². The first-order valence-corrected chi connectivity index (χ1v) is 7.41. The van der Waals surface area contributed by atoms with Gasteiger partial charge in [-0.05, 0) is 37.0 Å². The summed E-state index contributed by atoms with van der Waals surface area (Å²) in [7, 11) is 0. The van der Waals surface area contributed by atoms with Crippen LogP contribution < -0.4 is 0 Å². The summed E-state index contributed by atoms with van der Waals surface area (Å²) in [6, 6.07) is 3.69. The van der Waals surface area contributed by atoms with Crippen molar-refractivity contribution in [2.24, 2.45) is 5.92 Å². The molecule has 0 saturated heterocycles. The Morgan fingerprint density at radius 3 is 2.65 bits per heavy atom. The summed E-state index contributed by atoms with van der Waals surface area (Å²) >= 11 is 9.65. The number of fused-ring (bicyclic) bond motifs is 1. The van der Waals surface area contributed by atoms with E-state index in [0.29, 0.717) is 17.5 Å². The van der Waals surface area contributed by atoms with E-state index in [-0.39, 0.29) is 16.6 Å². The van der Waals surface area contributed by atoms with Crippen molar-refractivity contribution >= 4 is 44.1 Å². The Balaban J connectivity index is 2.85. The molecule has 106 valence electrons. The van der Waals surface area contributed by atoms with E-state index < -0.39 is 4.92 Å².